The molecule has 0 aromatic heterocycles. The molecular weight excluding hydrogens is 264 g/mol. The van der Waals surface area contributed by atoms with Gasteiger partial charge in [0.2, 0.25) is 10.0 Å². The molecule has 0 heterocycles. The number of nitrogens with two attached hydrogens (primary N) is 1. The van der Waals surface area contributed by atoms with Gasteiger partial charge in [-0.15, -0.1) is 0 Å². The van der Waals surface area contributed by atoms with Crippen molar-refractivity contribution in [2.45, 2.75) is 11.8 Å². The molecule has 4 N–H and O–H groups in total. The fourth-order valence-corrected chi connectivity index (χ4v) is 2.32. The van der Waals surface area contributed by atoms with Crippen molar-refractivity contribution in [1.82, 2.24) is 4.72 Å². The van der Waals surface area contributed by atoms with Crippen LogP contribution in [0, 0.1) is 23.0 Å². The summed E-state index contributed by atoms with van der Waals surface area (Å²) in [7, 11) is -4.16. The second-order valence-corrected chi connectivity index (χ2v) is 5.52. The van der Waals surface area contributed by atoms with E-state index in [1.165, 1.54) is 6.92 Å². The van der Waals surface area contributed by atoms with Crippen molar-refractivity contribution < 1.29 is 17.2 Å². The number of nitrogens with one attached hydrogen (secondary N) is 2. The largest absolute Gasteiger partial charge is 0.387 e. The maximum atomic E-state index is 13.3. The fraction of sp³-hybridized carbons (Fsp3) is 0.300. The lowest BCUT2D eigenvalue weighted by atomic mass is 10.2. The molecule has 0 aliphatic rings. The molecule has 1 aromatic carbocycles. The quantitative estimate of drug-likeness (QED) is 0.549. The summed E-state index contributed by atoms with van der Waals surface area (Å²) >= 11 is 0. The van der Waals surface area contributed by atoms with E-state index in [1.807, 2.05) is 0 Å². The molecule has 0 saturated heterocycles. The standard InChI is InChI=1S/C10H13F2N3O2S/c1-6(10(13)14)5-15-18(16,17)9-4-7(11)2-3-8(9)12/h2-4,6,15H,5H2,1H3,(H3,13,14). The van der Waals surface area contributed by atoms with Crippen molar-refractivity contribution >= 4 is 15.9 Å². The van der Waals surface area contributed by atoms with E-state index < -0.39 is 32.5 Å². The molecule has 0 radical (unpaired) electrons. The van der Waals surface area contributed by atoms with Crippen LogP contribution < -0.4 is 10.5 Å². The summed E-state index contributed by atoms with van der Waals surface area (Å²) < 4.78 is 51.7. The normalized spacial score (nSPS) is 13.3. The van der Waals surface area contributed by atoms with Crippen LogP contribution in [0.5, 0.6) is 0 Å². The van der Waals surface area contributed by atoms with Crippen molar-refractivity contribution in [3.63, 3.8) is 0 Å². The summed E-state index contributed by atoms with van der Waals surface area (Å²) in [6, 6.07) is 2.15. The Morgan fingerprint density at radius 2 is 2.11 bits per heavy atom. The second-order valence-electron chi connectivity index (χ2n) is 3.78. The van der Waals surface area contributed by atoms with Crippen molar-refractivity contribution in [2.24, 2.45) is 11.7 Å². The zero-order chi connectivity index (χ0) is 13.9. The molecule has 0 saturated carbocycles. The molecule has 18 heavy (non-hydrogen) atoms. The first-order chi connectivity index (χ1) is 8.24. The molecule has 1 atom stereocenters. The van der Waals surface area contributed by atoms with Gasteiger partial charge < -0.3 is 5.73 Å². The van der Waals surface area contributed by atoms with Crippen molar-refractivity contribution in [3.05, 3.63) is 29.8 Å². The summed E-state index contributed by atoms with van der Waals surface area (Å²) in [4.78, 5) is -0.766. The molecule has 0 aliphatic carbocycles. The highest BCUT2D eigenvalue weighted by molar-refractivity contribution is 7.89. The van der Waals surface area contributed by atoms with Crippen molar-refractivity contribution in [3.8, 4) is 0 Å². The molecule has 100 valence electrons. The summed E-state index contributed by atoms with van der Waals surface area (Å²) in [5.41, 5.74) is 5.17. The first-order valence-corrected chi connectivity index (χ1v) is 6.51. The van der Waals surface area contributed by atoms with Crippen molar-refractivity contribution in [1.29, 1.82) is 5.41 Å². The SMILES string of the molecule is CC(CNS(=O)(=O)c1cc(F)ccc1F)C(=N)N. The van der Waals surface area contributed by atoms with E-state index in [-0.39, 0.29) is 12.4 Å². The molecule has 0 amide bonds. The molecule has 0 aliphatic heterocycles. The van der Waals surface area contributed by atoms with Crippen LogP contribution in [0.25, 0.3) is 0 Å². The minimum Gasteiger partial charge on any atom is -0.387 e. The fourth-order valence-electron chi connectivity index (χ4n) is 1.11. The number of rotatable bonds is 5. The van der Waals surface area contributed by atoms with E-state index in [0.717, 1.165) is 12.1 Å². The Hall–Kier alpha value is -1.54. The Morgan fingerprint density at radius 3 is 2.67 bits per heavy atom. The zero-order valence-electron chi connectivity index (χ0n) is 9.57. The topological polar surface area (TPSA) is 96.0 Å². The Bertz CT molecular complexity index is 560. The maximum Gasteiger partial charge on any atom is 0.243 e. The van der Waals surface area contributed by atoms with E-state index in [4.69, 9.17) is 11.1 Å². The minimum atomic E-state index is -4.16. The van der Waals surface area contributed by atoms with E-state index >= 15 is 0 Å². The molecule has 1 unspecified atom stereocenters. The van der Waals surface area contributed by atoms with Gasteiger partial charge in [-0.25, -0.2) is 21.9 Å². The molecule has 8 heteroatoms. The third-order valence-electron chi connectivity index (χ3n) is 2.29. The van der Waals surface area contributed by atoms with Crippen LogP contribution in [-0.4, -0.2) is 20.8 Å². The highest BCUT2D eigenvalue weighted by Crippen LogP contribution is 2.15. The molecule has 0 fully saturated rings. The highest BCUT2D eigenvalue weighted by Gasteiger charge is 2.20. The van der Waals surface area contributed by atoms with Gasteiger partial charge in [0.15, 0.2) is 0 Å². The predicted octanol–water partition coefficient (Wildman–Crippen LogP) is 0.815. The van der Waals surface area contributed by atoms with Gasteiger partial charge in [-0.2, -0.15) is 0 Å². The van der Waals surface area contributed by atoms with Gasteiger partial charge >= 0.3 is 0 Å². The molecule has 0 spiro atoms. The number of hydrogen-bond acceptors (Lipinski definition) is 3. The third kappa shape index (κ3) is 3.47. The highest BCUT2D eigenvalue weighted by atomic mass is 32.2. The van der Waals surface area contributed by atoms with E-state index in [1.54, 1.807) is 0 Å². The van der Waals surface area contributed by atoms with Crippen LogP contribution in [0.4, 0.5) is 8.78 Å². The van der Waals surface area contributed by atoms with E-state index in [0.29, 0.717) is 6.07 Å². The van der Waals surface area contributed by atoms with Crippen LogP contribution in [0.2, 0.25) is 0 Å². The minimum absolute atomic E-state index is 0.159. The number of hydrogen-bond donors (Lipinski definition) is 3. The Labute approximate surface area is 104 Å². The van der Waals surface area contributed by atoms with Gasteiger partial charge in [0, 0.05) is 12.5 Å². The van der Waals surface area contributed by atoms with E-state index in [2.05, 4.69) is 4.72 Å². The van der Waals surface area contributed by atoms with Crippen LogP contribution in [-0.2, 0) is 10.0 Å². The lowest BCUT2D eigenvalue weighted by Crippen LogP contribution is -2.34. The third-order valence-corrected chi connectivity index (χ3v) is 3.73. The Balaban J connectivity index is 2.93. The van der Waals surface area contributed by atoms with Crippen molar-refractivity contribution in [2.75, 3.05) is 6.54 Å². The maximum absolute atomic E-state index is 13.3. The lowest BCUT2D eigenvalue weighted by Gasteiger charge is -2.11. The van der Waals surface area contributed by atoms with Gasteiger partial charge in [-0.05, 0) is 18.2 Å². The van der Waals surface area contributed by atoms with Crippen LogP contribution in [0.1, 0.15) is 6.92 Å². The van der Waals surface area contributed by atoms with Crippen LogP contribution in [0.3, 0.4) is 0 Å². The summed E-state index contributed by atoms with van der Waals surface area (Å²) in [5.74, 6) is -2.62. The van der Waals surface area contributed by atoms with E-state index in [9.17, 15) is 17.2 Å². The number of benzene rings is 1. The molecule has 1 rings (SSSR count). The zero-order valence-corrected chi connectivity index (χ0v) is 10.4. The van der Waals surface area contributed by atoms with Gasteiger partial charge in [0.1, 0.15) is 16.5 Å². The molecule has 0 bridgehead atoms. The first-order valence-electron chi connectivity index (χ1n) is 5.02. The van der Waals surface area contributed by atoms with Gasteiger partial charge in [0.25, 0.3) is 0 Å². The van der Waals surface area contributed by atoms with Crippen LogP contribution >= 0.6 is 0 Å². The van der Waals surface area contributed by atoms with Gasteiger partial charge in [-0.3, -0.25) is 5.41 Å². The molecular formula is C10H13F2N3O2S. The second kappa shape index (κ2) is 5.40. The summed E-state index contributed by atoms with van der Waals surface area (Å²) in [6.07, 6.45) is 0. The Morgan fingerprint density at radius 1 is 1.50 bits per heavy atom. The number of amidine groups is 1. The molecule has 1 aromatic rings. The first kappa shape index (κ1) is 14.5. The van der Waals surface area contributed by atoms with Gasteiger partial charge in [0.05, 0.1) is 5.84 Å². The average molecular weight is 277 g/mol. The Kier molecular flexibility index (Phi) is 4.36. The number of halogens is 2. The smallest absolute Gasteiger partial charge is 0.243 e. The lowest BCUT2D eigenvalue weighted by molar-refractivity contribution is 0.542. The number of sulfonamides is 1. The summed E-state index contributed by atoms with van der Waals surface area (Å²) in [6.45, 7) is 1.38. The van der Waals surface area contributed by atoms with Crippen LogP contribution in [0.15, 0.2) is 23.1 Å². The average Bonchev–Trinajstić information content (AvgIpc) is 2.29. The summed E-state index contributed by atoms with van der Waals surface area (Å²) in [5, 5.41) is 7.10. The van der Waals surface area contributed by atoms with Gasteiger partial charge in [-0.1, -0.05) is 6.92 Å². The monoisotopic (exact) mass is 277 g/mol. The molecule has 5 nitrogen and oxygen atoms in total. The predicted molar refractivity (Wildman–Crippen MR) is 62.6 cm³/mol.